The quantitative estimate of drug-likeness (QED) is 0.717. The molecule has 10 heteroatoms. The van der Waals surface area contributed by atoms with E-state index in [-0.39, 0.29) is 36.1 Å². The number of aromatic nitrogens is 1. The number of nitrogens with zero attached hydrogens (tertiary/aromatic N) is 3. The highest BCUT2D eigenvalue weighted by molar-refractivity contribution is 7.86. The van der Waals surface area contributed by atoms with E-state index in [1.807, 2.05) is 13.8 Å². The molecule has 3 aliphatic heterocycles. The van der Waals surface area contributed by atoms with Crippen molar-refractivity contribution in [2.24, 2.45) is 0 Å². The van der Waals surface area contributed by atoms with E-state index < -0.39 is 10.2 Å². The van der Waals surface area contributed by atoms with Crippen molar-refractivity contribution in [1.29, 1.82) is 0 Å². The van der Waals surface area contributed by atoms with Gasteiger partial charge in [-0.1, -0.05) is 5.16 Å². The third-order valence-corrected chi connectivity index (χ3v) is 9.24. The van der Waals surface area contributed by atoms with Crippen LogP contribution in [0.3, 0.4) is 0 Å². The summed E-state index contributed by atoms with van der Waals surface area (Å²) in [5, 5.41) is 10.3. The molecule has 2 bridgehead atoms. The molecule has 30 heavy (non-hydrogen) atoms. The normalized spacial score (nSPS) is 35.5. The monoisotopic (exact) mass is 437 g/mol. The molecule has 1 aliphatic carbocycles. The fraction of sp³-hybridized carbons (Fsp3) is 0.800. The molecule has 0 radical (unpaired) electrons. The molecule has 1 saturated carbocycles. The predicted molar refractivity (Wildman–Crippen MR) is 110 cm³/mol. The number of piperidine rings is 1. The van der Waals surface area contributed by atoms with Gasteiger partial charge in [0.1, 0.15) is 5.76 Å². The topological polar surface area (TPSA) is 108 Å². The van der Waals surface area contributed by atoms with Crippen LogP contribution >= 0.6 is 0 Å². The number of amides is 1. The Hall–Kier alpha value is -1.49. The minimum Gasteiger partial charge on any atom is -0.360 e. The lowest BCUT2D eigenvalue weighted by Gasteiger charge is -2.44. The molecular weight excluding hydrogens is 406 g/mol. The highest BCUT2D eigenvalue weighted by atomic mass is 32.2. The molecule has 4 aliphatic rings. The van der Waals surface area contributed by atoms with Gasteiger partial charge in [0.25, 0.3) is 16.1 Å². The van der Waals surface area contributed by atoms with Crippen LogP contribution in [0.25, 0.3) is 0 Å². The van der Waals surface area contributed by atoms with Gasteiger partial charge in [0.05, 0.1) is 0 Å². The summed E-state index contributed by atoms with van der Waals surface area (Å²) >= 11 is 0. The van der Waals surface area contributed by atoms with E-state index in [2.05, 4.69) is 15.8 Å². The van der Waals surface area contributed by atoms with Crippen LogP contribution in [0.2, 0.25) is 0 Å². The predicted octanol–water partition coefficient (Wildman–Crippen LogP) is 1.20. The maximum Gasteiger partial charge on any atom is 0.282 e. The molecule has 0 spiro atoms. The van der Waals surface area contributed by atoms with Gasteiger partial charge in [-0.3, -0.25) is 4.79 Å². The van der Waals surface area contributed by atoms with Crippen molar-refractivity contribution in [3.8, 4) is 0 Å². The Morgan fingerprint density at radius 1 is 1.20 bits per heavy atom. The van der Waals surface area contributed by atoms with Crippen molar-refractivity contribution in [3.05, 3.63) is 17.5 Å². The molecular formula is C20H31N5O4S. The standard InChI is InChI=1S/C20H31N5O4S/c1-12-11-24(13(2)10-21-12)30(27,28)25-16-5-6-17(25)8-15(7-16)22-20(26)18-9-19(29-23-18)14-3-4-14/h9,12-17,21H,3-8,10-11H2,1-2H3,(H,22,26)/t12-,13-,15?,16-,17+/m0/s1. The van der Waals surface area contributed by atoms with E-state index in [0.717, 1.165) is 31.4 Å². The Kier molecular flexibility index (Phi) is 5.16. The van der Waals surface area contributed by atoms with Crippen LogP contribution in [0.15, 0.2) is 10.6 Å². The average Bonchev–Trinajstić information content (AvgIpc) is 3.36. The highest BCUT2D eigenvalue weighted by Crippen LogP contribution is 2.41. The van der Waals surface area contributed by atoms with Crippen LogP contribution in [-0.2, 0) is 10.2 Å². The molecule has 9 nitrogen and oxygen atoms in total. The van der Waals surface area contributed by atoms with Crippen molar-refractivity contribution in [2.45, 2.75) is 88.5 Å². The van der Waals surface area contributed by atoms with Crippen LogP contribution in [0.5, 0.6) is 0 Å². The van der Waals surface area contributed by atoms with E-state index >= 15 is 0 Å². The van der Waals surface area contributed by atoms with E-state index in [1.165, 1.54) is 0 Å². The Balaban J connectivity index is 1.25. The molecule has 2 N–H and O–H groups in total. The van der Waals surface area contributed by atoms with Gasteiger partial charge in [0.2, 0.25) is 0 Å². The minimum atomic E-state index is -3.52. The lowest BCUT2D eigenvalue weighted by molar-refractivity contribution is 0.0896. The SMILES string of the molecule is C[C@H]1CN(S(=O)(=O)N2[C@@H]3CC[C@H]2CC(NC(=O)c2cc(C4CC4)on2)C3)[C@@H](C)CN1. The van der Waals surface area contributed by atoms with Crippen LogP contribution in [0, 0.1) is 0 Å². The molecule has 1 aromatic rings. The lowest BCUT2D eigenvalue weighted by Crippen LogP contribution is -2.62. The minimum absolute atomic E-state index is 0.0399. The summed E-state index contributed by atoms with van der Waals surface area (Å²) in [7, 11) is -3.52. The van der Waals surface area contributed by atoms with Gasteiger partial charge in [-0.15, -0.1) is 0 Å². The number of fused-ring (bicyclic) bond motifs is 2. The Bertz CT molecular complexity index is 900. The molecule has 1 amide bonds. The smallest absolute Gasteiger partial charge is 0.282 e. The van der Waals surface area contributed by atoms with Gasteiger partial charge >= 0.3 is 0 Å². The van der Waals surface area contributed by atoms with Crippen LogP contribution in [0.1, 0.15) is 74.5 Å². The summed E-state index contributed by atoms with van der Waals surface area (Å²) in [5.41, 5.74) is 0.322. The zero-order chi connectivity index (χ0) is 21.0. The van der Waals surface area contributed by atoms with Crippen molar-refractivity contribution in [1.82, 2.24) is 24.4 Å². The first-order valence-electron chi connectivity index (χ1n) is 11.1. The second-order valence-electron chi connectivity index (χ2n) is 9.48. The van der Waals surface area contributed by atoms with Crippen molar-refractivity contribution in [2.75, 3.05) is 13.1 Å². The van der Waals surface area contributed by atoms with Gasteiger partial charge in [-0.25, -0.2) is 0 Å². The van der Waals surface area contributed by atoms with Gasteiger partial charge in [-0.2, -0.15) is 17.0 Å². The number of hydrogen-bond donors (Lipinski definition) is 2. The highest BCUT2D eigenvalue weighted by Gasteiger charge is 2.50. The maximum atomic E-state index is 13.5. The number of carbonyl (C=O) groups is 1. The largest absolute Gasteiger partial charge is 0.360 e. The summed E-state index contributed by atoms with van der Waals surface area (Å²) in [6.45, 7) is 5.14. The van der Waals surface area contributed by atoms with Crippen molar-refractivity contribution in [3.63, 3.8) is 0 Å². The second kappa shape index (κ2) is 7.58. The van der Waals surface area contributed by atoms with Gasteiger partial charge in [-0.05, 0) is 52.4 Å². The summed E-state index contributed by atoms with van der Waals surface area (Å²) in [5.74, 6) is 0.981. The second-order valence-corrected chi connectivity index (χ2v) is 11.3. The van der Waals surface area contributed by atoms with E-state index in [4.69, 9.17) is 4.52 Å². The maximum absolute atomic E-state index is 13.5. The van der Waals surface area contributed by atoms with E-state index in [1.54, 1.807) is 14.7 Å². The zero-order valence-electron chi connectivity index (χ0n) is 17.6. The molecule has 4 heterocycles. The molecule has 4 fully saturated rings. The van der Waals surface area contributed by atoms with Gasteiger partial charge in [0, 0.05) is 55.3 Å². The van der Waals surface area contributed by atoms with Crippen LogP contribution in [0.4, 0.5) is 0 Å². The van der Waals surface area contributed by atoms with Crippen LogP contribution in [-0.4, -0.2) is 71.4 Å². The summed E-state index contributed by atoms with van der Waals surface area (Å²) in [6.07, 6.45) is 5.17. The third-order valence-electron chi connectivity index (χ3n) is 7.01. The van der Waals surface area contributed by atoms with E-state index in [9.17, 15) is 13.2 Å². The lowest BCUT2D eigenvalue weighted by atomic mass is 9.99. The number of piperazine rings is 1. The number of rotatable bonds is 5. The fourth-order valence-electron chi connectivity index (χ4n) is 5.28. The third kappa shape index (κ3) is 3.68. The summed E-state index contributed by atoms with van der Waals surface area (Å²) < 4.78 is 35.7. The van der Waals surface area contributed by atoms with Gasteiger partial charge in [0.15, 0.2) is 5.69 Å². The first kappa shape index (κ1) is 20.4. The van der Waals surface area contributed by atoms with Gasteiger partial charge < -0.3 is 15.2 Å². The number of nitrogens with one attached hydrogen (secondary N) is 2. The Labute approximate surface area is 177 Å². The van der Waals surface area contributed by atoms with Crippen molar-refractivity contribution < 1.29 is 17.7 Å². The van der Waals surface area contributed by atoms with Crippen LogP contribution < -0.4 is 10.6 Å². The zero-order valence-corrected chi connectivity index (χ0v) is 18.4. The molecule has 5 rings (SSSR count). The average molecular weight is 438 g/mol. The molecule has 5 atom stereocenters. The number of carbonyl (C=O) groups excluding carboxylic acids is 1. The first-order valence-corrected chi connectivity index (χ1v) is 12.5. The molecule has 1 aromatic heterocycles. The Morgan fingerprint density at radius 3 is 2.57 bits per heavy atom. The Morgan fingerprint density at radius 2 is 1.90 bits per heavy atom. The van der Waals surface area contributed by atoms with Crippen molar-refractivity contribution >= 4 is 16.1 Å². The summed E-state index contributed by atoms with van der Waals surface area (Å²) in [4.78, 5) is 12.6. The first-order chi connectivity index (χ1) is 14.3. The molecule has 0 aromatic carbocycles. The molecule has 166 valence electrons. The fourth-order valence-corrected chi connectivity index (χ4v) is 7.60. The van der Waals surface area contributed by atoms with E-state index in [0.29, 0.717) is 37.5 Å². The summed E-state index contributed by atoms with van der Waals surface area (Å²) in [6, 6.07) is 1.67. The molecule has 3 saturated heterocycles. The molecule has 1 unspecified atom stereocenters. The number of hydrogen-bond acceptors (Lipinski definition) is 6.